The molecule has 1 aromatic carbocycles. The highest BCUT2D eigenvalue weighted by Crippen LogP contribution is 2.15. The fourth-order valence-corrected chi connectivity index (χ4v) is 2.57. The van der Waals surface area contributed by atoms with E-state index in [2.05, 4.69) is 23.3 Å². The summed E-state index contributed by atoms with van der Waals surface area (Å²) < 4.78 is 0. The molecule has 0 aliphatic carbocycles. The maximum Gasteiger partial charge on any atom is 0.109 e. The van der Waals surface area contributed by atoms with Crippen molar-refractivity contribution in [1.82, 2.24) is 10.3 Å². The molecule has 0 amide bonds. The quantitative estimate of drug-likeness (QED) is 0.621. The second-order valence-electron chi connectivity index (χ2n) is 4.35. The highest BCUT2D eigenvalue weighted by Gasteiger charge is 2.06. The van der Waals surface area contributed by atoms with E-state index in [4.69, 9.17) is 5.73 Å². The number of aryl methyl sites for hydroxylation is 1. The van der Waals surface area contributed by atoms with Gasteiger partial charge in [0.1, 0.15) is 5.01 Å². The van der Waals surface area contributed by atoms with E-state index in [0.717, 1.165) is 30.1 Å². The molecule has 0 radical (unpaired) electrons. The first kappa shape index (κ1) is 13.1. The minimum Gasteiger partial charge on any atom is -0.399 e. The lowest BCUT2D eigenvalue weighted by Gasteiger charge is -2.11. The summed E-state index contributed by atoms with van der Waals surface area (Å²) in [6.07, 6.45) is 3.96. The van der Waals surface area contributed by atoms with Gasteiger partial charge in [-0.15, -0.1) is 11.3 Å². The van der Waals surface area contributed by atoms with Crippen molar-refractivity contribution in [2.45, 2.75) is 25.8 Å². The predicted molar refractivity (Wildman–Crippen MR) is 77.7 cm³/mol. The van der Waals surface area contributed by atoms with Gasteiger partial charge in [0, 0.05) is 17.3 Å². The third-order valence-electron chi connectivity index (χ3n) is 2.95. The zero-order chi connectivity index (χ0) is 12.8. The summed E-state index contributed by atoms with van der Waals surface area (Å²) in [5.41, 5.74) is 8.04. The van der Waals surface area contributed by atoms with E-state index < -0.39 is 0 Å². The summed E-state index contributed by atoms with van der Waals surface area (Å²) in [6, 6.07) is 8.40. The number of rotatable bonds is 6. The van der Waals surface area contributed by atoms with Gasteiger partial charge >= 0.3 is 0 Å². The molecule has 1 unspecified atom stereocenters. The molecule has 0 aliphatic heterocycles. The Kier molecular flexibility index (Phi) is 4.73. The lowest BCUT2D eigenvalue weighted by atomic mass is 10.1. The largest absolute Gasteiger partial charge is 0.399 e. The van der Waals surface area contributed by atoms with Gasteiger partial charge in [-0.05, 0) is 37.9 Å². The SMILES string of the molecule is CC(NCCCc1ccccc1N)c1nccs1. The molecule has 0 bridgehead atoms. The molecule has 1 atom stereocenters. The van der Waals surface area contributed by atoms with Crippen LogP contribution in [0, 0.1) is 0 Å². The lowest BCUT2D eigenvalue weighted by Crippen LogP contribution is -2.20. The smallest absolute Gasteiger partial charge is 0.109 e. The fraction of sp³-hybridized carbons (Fsp3) is 0.357. The van der Waals surface area contributed by atoms with Crippen molar-refractivity contribution in [3.05, 3.63) is 46.4 Å². The van der Waals surface area contributed by atoms with Gasteiger partial charge in [-0.25, -0.2) is 4.98 Å². The van der Waals surface area contributed by atoms with Crippen molar-refractivity contribution in [3.8, 4) is 0 Å². The summed E-state index contributed by atoms with van der Waals surface area (Å²) in [5.74, 6) is 0. The van der Waals surface area contributed by atoms with Crippen molar-refractivity contribution >= 4 is 17.0 Å². The molecule has 2 aromatic rings. The van der Waals surface area contributed by atoms with E-state index in [9.17, 15) is 0 Å². The van der Waals surface area contributed by atoms with Gasteiger partial charge in [-0.1, -0.05) is 18.2 Å². The van der Waals surface area contributed by atoms with Crippen LogP contribution in [0.1, 0.15) is 30.0 Å². The van der Waals surface area contributed by atoms with Gasteiger partial charge in [0.05, 0.1) is 6.04 Å². The zero-order valence-electron chi connectivity index (χ0n) is 10.6. The monoisotopic (exact) mass is 261 g/mol. The van der Waals surface area contributed by atoms with Gasteiger partial charge in [-0.2, -0.15) is 0 Å². The number of hydrogen-bond acceptors (Lipinski definition) is 4. The van der Waals surface area contributed by atoms with Crippen LogP contribution in [0.15, 0.2) is 35.8 Å². The number of thiazole rings is 1. The third-order valence-corrected chi connectivity index (χ3v) is 3.91. The average molecular weight is 261 g/mol. The molecule has 0 fully saturated rings. The summed E-state index contributed by atoms with van der Waals surface area (Å²) in [4.78, 5) is 4.30. The molecule has 18 heavy (non-hydrogen) atoms. The van der Waals surface area contributed by atoms with Gasteiger partial charge in [0.2, 0.25) is 0 Å². The molecule has 1 heterocycles. The Bertz CT molecular complexity index is 468. The van der Waals surface area contributed by atoms with Crippen molar-refractivity contribution in [1.29, 1.82) is 0 Å². The summed E-state index contributed by atoms with van der Waals surface area (Å²) in [7, 11) is 0. The van der Waals surface area contributed by atoms with Gasteiger partial charge < -0.3 is 11.1 Å². The number of hydrogen-bond donors (Lipinski definition) is 2. The average Bonchev–Trinajstić information content (AvgIpc) is 2.90. The number of aromatic nitrogens is 1. The van der Waals surface area contributed by atoms with Crippen molar-refractivity contribution in [2.24, 2.45) is 0 Å². The summed E-state index contributed by atoms with van der Waals surface area (Å²) in [5, 5.41) is 6.64. The number of para-hydroxylation sites is 1. The number of nitrogen functional groups attached to an aromatic ring is 1. The van der Waals surface area contributed by atoms with Crippen LogP contribution in [-0.2, 0) is 6.42 Å². The van der Waals surface area contributed by atoms with Crippen LogP contribution in [0.25, 0.3) is 0 Å². The maximum absolute atomic E-state index is 5.91. The van der Waals surface area contributed by atoms with Crippen LogP contribution in [0.4, 0.5) is 5.69 Å². The Morgan fingerprint density at radius 2 is 2.22 bits per heavy atom. The van der Waals surface area contributed by atoms with Crippen LogP contribution in [0.3, 0.4) is 0 Å². The molecule has 1 aromatic heterocycles. The minimum atomic E-state index is 0.332. The number of anilines is 1. The van der Waals surface area contributed by atoms with Crippen molar-refractivity contribution in [2.75, 3.05) is 12.3 Å². The van der Waals surface area contributed by atoms with E-state index in [1.807, 2.05) is 29.8 Å². The fourth-order valence-electron chi connectivity index (χ4n) is 1.89. The molecular weight excluding hydrogens is 242 g/mol. The molecule has 0 saturated heterocycles. The predicted octanol–water partition coefficient (Wildman–Crippen LogP) is 3.01. The van der Waals surface area contributed by atoms with Crippen molar-refractivity contribution < 1.29 is 0 Å². The van der Waals surface area contributed by atoms with E-state index in [1.165, 1.54) is 5.56 Å². The van der Waals surface area contributed by atoms with E-state index in [1.54, 1.807) is 11.3 Å². The first-order valence-corrected chi connectivity index (χ1v) is 7.11. The van der Waals surface area contributed by atoms with Gasteiger partial charge in [0.15, 0.2) is 0 Å². The number of nitrogens with one attached hydrogen (secondary N) is 1. The molecule has 3 N–H and O–H groups in total. The summed E-state index contributed by atoms with van der Waals surface area (Å²) >= 11 is 1.69. The second kappa shape index (κ2) is 6.52. The molecular formula is C14H19N3S. The van der Waals surface area contributed by atoms with Crippen LogP contribution in [0.5, 0.6) is 0 Å². The van der Waals surface area contributed by atoms with Crippen LogP contribution in [-0.4, -0.2) is 11.5 Å². The van der Waals surface area contributed by atoms with Gasteiger partial charge in [0.25, 0.3) is 0 Å². The minimum absolute atomic E-state index is 0.332. The number of nitrogens with zero attached hydrogens (tertiary/aromatic N) is 1. The topological polar surface area (TPSA) is 50.9 Å². The lowest BCUT2D eigenvalue weighted by molar-refractivity contribution is 0.556. The zero-order valence-corrected chi connectivity index (χ0v) is 11.4. The van der Waals surface area contributed by atoms with Crippen molar-refractivity contribution in [3.63, 3.8) is 0 Å². The third kappa shape index (κ3) is 3.55. The van der Waals surface area contributed by atoms with E-state index in [-0.39, 0.29) is 0 Å². The maximum atomic E-state index is 5.91. The number of nitrogens with two attached hydrogens (primary N) is 1. The van der Waals surface area contributed by atoms with Crippen LogP contribution >= 0.6 is 11.3 Å². The van der Waals surface area contributed by atoms with Gasteiger partial charge in [-0.3, -0.25) is 0 Å². The molecule has 96 valence electrons. The first-order valence-electron chi connectivity index (χ1n) is 6.23. The summed E-state index contributed by atoms with van der Waals surface area (Å²) in [6.45, 7) is 3.13. The second-order valence-corrected chi connectivity index (χ2v) is 5.27. The van der Waals surface area contributed by atoms with Crippen LogP contribution < -0.4 is 11.1 Å². The molecule has 0 aliphatic rings. The Hall–Kier alpha value is -1.39. The molecule has 0 saturated carbocycles. The molecule has 0 spiro atoms. The Balaban J connectivity index is 1.72. The first-order chi connectivity index (χ1) is 8.77. The highest BCUT2D eigenvalue weighted by atomic mass is 32.1. The standard InChI is InChI=1S/C14H19N3S/c1-11(14-17-9-10-18-14)16-8-4-6-12-5-2-3-7-13(12)15/h2-3,5,7,9-11,16H,4,6,8,15H2,1H3. The highest BCUT2D eigenvalue weighted by molar-refractivity contribution is 7.09. The Morgan fingerprint density at radius 3 is 2.94 bits per heavy atom. The molecule has 2 rings (SSSR count). The molecule has 3 nitrogen and oxygen atoms in total. The van der Waals surface area contributed by atoms with E-state index in [0.29, 0.717) is 6.04 Å². The Labute approximate surface area is 112 Å². The van der Waals surface area contributed by atoms with E-state index >= 15 is 0 Å². The normalized spacial score (nSPS) is 12.5. The number of benzene rings is 1. The Morgan fingerprint density at radius 1 is 1.39 bits per heavy atom. The van der Waals surface area contributed by atoms with Crippen LogP contribution in [0.2, 0.25) is 0 Å². The molecule has 4 heteroatoms.